The lowest BCUT2D eigenvalue weighted by Gasteiger charge is -2.41. The normalized spacial score (nSPS) is 23.1. The van der Waals surface area contributed by atoms with E-state index in [2.05, 4.69) is 43.4 Å². The van der Waals surface area contributed by atoms with Crippen LogP contribution in [0.15, 0.2) is 48.5 Å². The molecule has 0 radical (unpaired) electrons. The maximum Gasteiger partial charge on any atom is 0.162 e. The Morgan fingerprint density at radius 2 is 1.69 bits per heavy atom. The zero-order chi connectivity index (χ0) is 20.4. The number of hydrogen-bond acceptors (Lipinski definition) is 4. The van der Waals surface area contributed by atoms with Gasteiger partial charge < -0.3 is 19.1 Å². The summed E-state index contributed by atoms with van der Waals surface area (Å²) in [5, 5.41) is 12.2. The highest BCUT2D eigenvalue weighted by Gasteiger charge is 2.34. The molecule has 0 saturated carbocycles. The molecule has 4 nitrogen and oxygen atoms in total. The predicted molar refractivity (Wildman–Crippen MR) is 119 cm³/mol. The van der Waals surface area contributed by atoms with Gasteiger partial charge in [-0.05, 0) is 17.5 Å². The quantitative estimate of drug-likeness (QED) is 0.579. The van der Waals surface area contributed by atoms with Gasteiger partial charge in [-0.15, -0.1) is 11.3 Å². The van der Waals surface area contributed by atoms with Crippen LogP contribution >= 0.6 is 11.3 Å². The minimum atomic E-state index is -0.408. The van der Waals surface area contributed by atoms with Crippen LogP contribution in [0.4, 0.5) is 0 Å². The van der Waals surface area contributed by atoms with Crippen molar-refractivity contribution in [2.75, 3.05) is 34.4 Å². The summed E-state index contributed by atoms with van der Waals surface area (Å²) < 4.78 is 13.0. The van der Waals surface area contributed by atoms with Crippen molar-refractivity contribution in [2.45, 2.75) is 25.5 Å². The first kappa shape index (κ1) is 20.2. The molecule has 1 aromatic heterocycles. The number of thiophene rings is 1. The van der Waals surface area contributed by atoms with Crippen LogP contribution in [-0.2, 0) is 6.54 Å². The molecule has 5 heteroatoms. The summed E-state index contributed by atoms with van der Waals surface area (Å²) in [5.74, 6) is 1.77. The largest absolute Gasteiger partial charge is 0.493 e. The van der Waals surface area contributed by atoms with Gasteiger partial charge in [0.05, 0.1) is 40.5 Å². The van der Waals surface area contributed by atoms with Gasteiger partial charge in [-0.1, -0.05) is 30.3 Å². The molecule has 3 aromatic rings. The van der Waals surface area contributed by atoms with Gasteiger partial charge in [0, 0.05) is 40.0 Å². The fourth-order valence-corrected chi connectivity index (χ4v) is 5.63. The van der Waals surface area contributed by atoms with Crippen molar-refractivity contribution in [1.29, 1.82) is 0 Å². The Labute approximate surface area is 176 Å². The highest BCUT2D eigenvalue weighted by molar-refractivity contribution is 7.19. The third-order valence-electron chi connectivity index (χ3n) is 6.27. The smallest absolute Gasteiger partial charge is 0.162 e. The second kappa shape index (κ2) is 8.34. The molecule has 154 valence electrons. The molecule has 0 bridgehead atoms. The molecular formula is C24H30NO3S+. The Hall–Kier alpha value is -2.08. The highest BCUT2D eigenvalue weighted by atomic mass is 32.1. The molecule has 4 rings (SSSR count). The van der Waals surface area contributed by atoms with Crippen LogP contribution in [0, 0.1) is 5.92 Å². The first-order chi connectivity index (χ1) is 14.0. The molecule has 1 unspecified atom stereocenters. The summed E-state index contributed by atoms with van der Waals surface area (Å²) in [7, 11) is 5.64. The number of likely N-dealkylation sites (tertiary alicyclic amines) is 1. The molecule has 29 heavy (non-hydrogen) atoms. The van der Waals surface area contributed by atoms with E-state index in [9.17, 15) is 5.11 Å². The first-order valence-corrected chi connectivity index (χ1v) is 11.0. The van der Waals surface area contributed by atoms with Crippen LogP contribution in [0.1, 0.15) is 29.4 Å². The zero-order valence-corrected chi connectivity index (χ0v) is 18.2. The average Bonchev–Trinajstić information content (AvgIpc) is 3.16. The lowest BCUT2D eigenvalue weighted by atomic mass is 9.89. The molecule has 1 N–H and O–H groups in total. The number of aliphatic hydroxyl groups is 1. The third kappa shape index (κ3) is 4.27. The van der Waals surface area contributed by atoms with Gasteiger partial charge in [0.2, 0.25) is 0 Å². The van der Waals surface area contributed by atoms with Crippen LogP contribution in [-0.4, -0.2) is 43.9 Å². The van der Waals surface area contributed by atoms with Crippen molar-refractivity contribution in [1.82, 2.24) is 0 Å². The highest BCUT2D eigenvalue weighted by Crippen LogP contribution is 2.41. The van der Waals surface area contributed by atoms with Crippen molar-refractivity contribution < 1.29 is 19.1 Å². The molecule has 0 aliphatic carbocycles. The first-order valence-electron chi connectivity index (χ1n) is 10.2. The van der Waals surface area contributed by atoms with Gasteiger partial charge in [-0.2, -0.15) is 0 Å². The molecular weight excluding hydrogens is 382 g/mol. The van der Waals surface area contributed by atoms with Crippen molar-refractivity contribution in [3.8, 4) is 11.5 Å². The van der Waals surface area contributed by atoms with Crippen molar-refractivity contribution in [3.63, 3.8) is 0 Å². The Balaban J connectivity index is 1.46. The van der Waals surface area contributed by atoms with E-state index in [0.29, 0.717) is 5.92 Å². The Kier molecular flexibility index (Phi) is 5.81. The van der Waals surface area contributed by atoms with E-state index in [1.807, 2.05) is 12.1 Å². The number of piperidine rings is 1. The minimum absolute atomic E-state index is 0.314. The van der Waals surface area contributed by atoms with Crippen LogP contribution in [0.3, 0.4) is 0 Å². The molecule has 1 atom stereocenters. The number of aliphatic hydroxyl groups excluding tert-OH is 1. The number of rotatable bonds is 6. The molecule has 0 spiro atoms. The Morgan fingerprint density at radius 3 is 2.34 bits per heavy atom. The van der Waals surface area contributed by atoms with Crippen LogP contribution in [0.2, 0.25) is 0 Å². The summed E-state index contributed by atoms with van der Waals surface area (Å²) in [6, 6.07) is 16.8. The van der Waals surface area contributed by atoms with Gasteiger partial charge in [-0.25, -0.2) is 0 Å². The van der Waals surface area contributed by atoms with Crippen molar-refractivity contribution in [2.24, 2.45) is 5.92 Å². The number of quaternary nitrogens is 1. The van der Waals surface area contributed by atoms with E-state index in [-0.39, 0.29) is 0 Å². The molecule has 2 heterocycles. The Bertz CT molecular complexity index is 920. The maximum atomic E-state index is 11.1. The standard InChI is InChI=1S/C24H30NO3S/c1-25(16-17-7-5-4-6-8-17)11-9-18(10-12-25)24(26)23-14-19-13-20(27-2)21(28-3)15-22(19)29-23/h4-8,13-15,18,24,26H,9-12,16H2,1-3H3/q+1. The van der Waals surface area contributed by atoms with Crippen LogP contribution in [0.25, 0.3) is 10.1 Å². The zero-order valence-electron chi connectivity index (χ0n) is 17.4. The fourth-order valence-electron chi connectivity index (χ4n) is 4.47. The van der Waals surface area contributed by atoms with Gasteiger partial charge in [-0.3, -0.25) is 0 Å². The topological polar surface area (TPSA) is 38.7 Å². The molecule has 1 saturated heterocycles. The van der Waals surface area contributed by atoms with Gasteiger partial charge in [0.1, 0.15) is 6.54 Å². The molecule has 1 aliphatic rings. The summed E-state index contributed by atoms with van der Waals surface area (Å²) in [5.41, 5.74) is 1.39. The van der Waals surface area contributed by atoms with E-state index >= 15 is 0 Å². The third-order valence-corrected chi connectivity index (χ3v) is 7.43. The number of hydrogen-bond donors (Lipinski definition) is 1. The van der Waals surface area contributed by atoms with Gasteiger partial charge >= 0.3 is 0 Å². The second-order valence-electron chi connectivity index (χ2n) is 8.39. The van der Waals surface area contributed by atoms with Gasteiger partial charge in [0.25, 0.3) is 0 Å². The van der Waals surface area contributed by atoms with E-state index in [1.54, 1.807) is 25.6 Å². The van der Waals surface area contributed by atoms with Crippen LogP contribution < -0.4 is 9.47 Å². The predicted octanol–water partition coefficient (Wildman–Crippen LogP) is 5.01. The van der Waals surface area contributed by atoms with E-state index < -0.39 is 6.10 Å². The van der Waals surface area contributed by atoms with Crippen molar-refractivity contribution >= 4 is 21.4 Å². The molecule has 2 aromatic carbocycles. The summed E-state index contributed by atoms with van der Waals surface area (Å²) >= 11 is 1.66. The van der Waals surface area contributed by atoms with E-state index in [0.717, 1.165) is 63.4 Å². The van der Waals surface area contributed by atoms with E-state index in [1.165, 1.54) is 5.56 Å². The SMILES string of the molecule is COc1cc2cc(C(O)C3CC[N+](C)(Cc4ccccc4)CC3)sc2cc1OC. The number of nitrogens with zero attached hydrogens (tertiary/aromatic N) is 1. The average molecular weight is 413 g/mol. The lowest BCUT2D eigenvalue weighted by molar-refractivity contribution is -0.928. The minimum Gasteiger partial charge on any atom is -0.493 e. The second-order valence-corrected chi connectivity index (χ2v) is 9.50. The van der Waals surface area contributed by atoms with E-state index in [4.69, 9.17) is 9.47 Å². The van der Waals surface area contributed by atoms with Gasteiger partial charge in [0.15, 0.2) is 11.5 Å². The monoisotopic (exact) mass is 412 g/mol. The number of benzene rings is 2. The maximum absolute atomic E-state index is 11.1. The number of methoxy groups -OCH3 is 2. The summed E-state index contributed by atoms with van der Waals surface area (Å²) in [6.45, 7) is 3.26. The molecule has 1 aliphatic heterocycles. The number of ether oxygens (including phenoxy) is 2. The lowest BCUT2D eigenvalue weighted by Crippen LogP contribution is -2.49. The number of fused-ring (bicyclic) bond motifs is 1. The molecule has 0 amide bonds. The summed E-state index contributed by atoms with van der Waals surface area (Å²) in [6.07, 6.45) is 1.69. The van der Waals surface area contributed by atoms with Crippen molar-refractivity contribution in [3.05, 3.63) is 59.0 Å². The Morgan fingerprint density at radius 1 is 1.03 bits per heavy atom. The van der Waals surface area contributed by atoms with Crippen LogP contribution in [0.5, 0.6) is 11.5 Å². The summed E-state index contributed by atoms with van der Waals surface area (Å²) in [4.78, 5) is 1.04. The fraction of sp³-hybridized carbons (Fsp3) is 0.417. The molecule has 1 fully saturated rings.